The second kappa shape index (κ2) is 16.4. The number of nitrogens with one attached hydrogen (secondary N) is 1. The molecule has 0 aliphatic carbocycles. The number of hydrogen-bond acceptors (Lipinski definition) is 6. The summed E-state index contributed by atoms with van der Waals surface area (Å²) in [5.41, 5.74) is 8.11. The van der Waals surface area contributed by atoms with Crippen LogP contribution in [0.1, 0.15) is 57.0 Å². The predicted molar refractivity (Wildman–Crippen MR) is 196 cm³/mol. The van der Waals surface area contributed by atoms with Gasteiger partial charge >= 0.3 is 0 Å². The van der Waals surface area contributed by atoms with E-state index in [4.69, 9.17) is 9.47 Å². The van der Waals surface area contributed by atoms with Crippen molar-refractivity contribution in [3.63, 3.8) is 0 Å². The molecule has 5 aromatic carbocycles. The van der Waals surface area contributed by atoms with Crippen molar-refractivity contribution >= 4 is 5.91 Å². The Bertz CT molecular complexity index is 1820. The average molecular weight is 668 g/mol. The van der Waals surface area contributed by atoms with Crippen molar-refractivity contribution in [1.82, 2.24) is 15.1 Å². The molecule has 2 heterocycles. The van der Waals surface area contributed by atoms with E-state index in [-0.39, 0.29) is 24.7 Å². The molecule has 0 spiro atoms. The van der Waals surface area contributed by atoms with Crippen molar-refractivity contribution in [2.24, 2.45) is 0 Å². The SMILES string of the molecule is O=C(NCc1cccc(-c2cccc([C@H]3O[C@@H](CN4CCN(Cc5ccccc5)CC4)C[C@@H](c4ccc(CO)cc4)O3)c2)c1)c1ccccc1. The molecule has 0 unspecified atom stereocenters. The number of aliphatic hydroxyl groups excluding tert-OH is 1. The summed E-state index contributed by atoms with van der Waals surface area (Å²) in [7, 11) is 0. The Morgan fingerprint density at radius 1 is 0.660 bits per heavy atom. The zero-order chi connectivity index (χ0) is 34.1. The van der Waals surface area contributed by atoms with Gasteiger partial charge in [0.2, 0.25) is 0 Å². The van der Waals surface area contributed by atoms with Crippen LogP contribution in [0.4, 0.5) is 0 Å². The van der Waals surface area contributed by atoms with Crippen molar-refractivity contribution in [3.8, 4) is 11.1 Å². The van der Waals surface area contributed by atoms with Gasteiger partial charge in [0, 0.05) is 63.4 Å². The second-order valence-electron chi connectivity index (χ2n) is 13.3. The number of amides is 1. The number of hydrogen-bond donors (Lipinski definition) is 2. The van der Waals surface area contributed by atoms with Gasteiger partial charge in [-0.2, -0.15) is 0 Å². The molecule has 2 saturated heterocycles. The quantitative estimate of drug-likeness (QED) is 0.156. The van der Waals surface area contributed by atoms with Crippen molar-refractivity contribution in [2.45, 2.75) is 44.6 Å². The van der Waals surface area contributed by atoms with Gasteiger partial charge in [-0.05, 0) is 57.6 Å². The third kappa shape index (κ3) is 8.74. The number of carbonyl (C=O) groups is 1. The molecule has 2 aliphatic rings. The molecule has 256 valence electrons. The van der Waals surface area contributed by atoms with E-state index in [9.17, 15) is 9.90 Å². The van der Waals surface area contributed by atoms with Gasteiger partial charge in [0.05, 0.1) is 18.8 Å². The van der Waals surface area contributed by atoms with E-state index >= 15 is 0 Å². The molecule has 0 radical (unpaired) electrons. The van der Waals surface area contributed by atoms with Gasteiger partial charge in [0.1, 0.15) is 0 Å². The molecule has 2 fully saturated rings. The lowest BCUT2D eigenvalue weighted by molar-refractivity contribution is -0.253. The highest BCUT2D eigenvalue weighted by Gasteiger charge is 2.34. The maximum absolute atomic E-state index is 12.6. The summed E-state index contributed by atoms with van der Waals surface area (Å²) in [6.45, 7) is 6.37. The van der Waals surface area contributed by atoms with E-state index in [1.165, 1.54) is 5.56 Å². The monoisotopic (exact) mass is 667 g/mol. The Labute approximate surface area is 295 Å². The van der Waals surface area contributed by atoms with Gasteiger partial charge < -0.3 is 19.9 Å². The average Bonchev–Trinajstić information content (AvgIpc) is 3.18. The van der Waals surface area contributed by atoms with Gasteiger partial charge in [-0.25, -0.2) is 0 Å². The molecular formula is C43H45N3O4. The van der Waals surface area contributed by atoms with E-state index in [1.54, 1.807) is 0 Å². The lowest BCUT2D eigenvalue weighted by Gasteiger charge is -2.41. The van der Waals surface area contributed by atoms with Crippen LogP contribution in [0.25, 0.3) is 11.1 Å². The summed E-state index contributed by atoms with van der Waals surface area (Å²) in [6.07, 6.45) is 0.0995. The maximum Gasteiger partial charge on any atom is 0.251 e. The smallest absolute Gasteiger partial charge is 0.251 e. The van der Waals surface area contributed by atoms with Crippen LogP contribution in [0.15, 0.2) is 133 Å². The number of benzene rings is 5. The minimum Gasteiger partial charge on any atom is -0.392 e. The first-order chi connectivity index (χ1) is 24.6. The van der Waals surface area contributed by atoms with E-state index < -0.39 is 6.29 Å². The molecule has 7 nitrogen and oxygen atoms in total. The molecule has 5 aromatic rings. The van der Waals surface area contributed by atoms with Crippen LogP contribution in [0.3, 0.4) is 0 Å². The van der Waals surface area contributed by atoms with Crippen LogP contribution in [0, 0.1) is 0 Å². The highest BCUT2D eigenvalue weighted by Crippen LogP contribution is 2.39. The molecule has 7 rings (SSSR count). The van der Waals surface area contributed by atoms with Crippen molar-refractivity contribution in [1.29, 1.82) is 0 Å². The van der Waals surface area contributed by atoms with Crippen LogP contribution in [0.5, 0.6) is 0 Å². The summed E-state index contributed by atoms with van der Waals surface area (Å²) in [5, 5.41) is 12.7. The van der Waals surface area contributed by atoms with E-state index in [0.29, 0.717) is 12.1 Å². The fraction of sp³-hybridized carbons (Fsp3) is 0.279. The second-order valence-corrected chi connectivity index (χ2v) is 13.3. The number of ether oxygens (including phenoxy) is 2. The fourth-order valence-electron chi connectivity index (χ4n) is 6.89. The molecular weight excluding hydrogens is 622 g/mol. The topological polar surface area (TPSA) is 74.3 Å². The molecule has 1 amide bonds. The third-order valence-electron chi connectivity index (χ3n) is 9.70. The summed E-state index contributed by atoms with van der Waals surface area (Å²) in [4.78, 5) is 17.7. The van der Waals surface area contributed by atoms with Crippen LogP contribution >= 0.6 is 0 Å². The van der Waals surface area contributed by atoms with Crippen molar-refractivity contribution < 1.29 is 19.4 Å². The molecule has 2 aliphatic heterocycles. The fourth-order valence-corrected chi connectivity index (χ4v) is 6.89. The molecule has 3 atom stereocenters. The van der Waals surface area contributed by atoms with Crippen molar-refractivity contribution in [3.05, 3.63) is 167 Å². The predicted octanol–water partition coefficient (Wildman–Crippen LogP) is 7.14. The largest absolute Gasteiger partial charge is 0.392 e. The van der Waals surface area contributed by atoms with Crippen LogP contribution in [-0.4, -0.2) is 59.6 Å². The molecule has 0 bridgehead atoms. The normalized spacial score (nSPS) is 20.0. The van der Waals surface area contributed by atoms with Gasteiger partial charge in [0.25, 0.3) is 5.91 Å². The molecule has 0 aromatic heterocycles. The van der Waals surface area contributed by atoms with Crippen LogP contribution in [-0.2, 0) is 29.2 Å². The Kier molecular flexibility index (Phi) is 11.1. The Hall–Kier alpha value is -4.63. The Morgan fingerprint density at radius 3 is 2.06 bits per heavy atom. The Morgan fingerprint density at radius 2 is 1.32 bits per heavy atom. The first-order valence-corrected chi connectivity index (χ1v) is 17.6. The molecule has 7 heteroatoms. The lowest BCUT2D eigenvalue weighted by atomic mass is 9.98. The third-order valence-corrected chi connectivity index (χ3v) is 9.70. The van der Waals surface area contributed by atoms with Crippen molar-refractivity contribution in [2.75, 3.05) is 32.7 Å². The van der Waals surface area contributed by atoms with Crippen LogP contribution in [0.2, 0.25) is 0 Å². The minimum absolute atomic E-state index is 0.00264. The molecule has 50 heavy (non-hydrogen) atoms. The summed E-state index contributed by atoms with van der Waals surface area (Å²) >= 11 is 0. The van der Waals surface area contributed by atoms with Gasteiger partial charge in [-0.15, -0.1) is 0 Å². The molecule has 0 saturated carbocycles. The zero-order valence-corrected chi connectivity index (χ0v) is 28.4. The Balaban J connectivity index is 1.04. The number of aliphatic hydroxyl groups is 1. The minimum atomic E-state index is -0.524. The van der Waals surface area contributed by atoms with Gasteiger partial charge in [-0.1, -0.05) is 109 Å². The maximum atomic E-state index is 12.6. The van der Waals surface area contributed by atoms with E-state index in [1.807, 2.05) is 54.6 Å². The number of nitrogens with zero attached hydrogens (tertiary/aromatic N) is 2. The van der Waals surface area contributed by atoms with Gasteiger partial charge in [-0.3, -0.25) is 14.6 Å². The number of piperazine rings is 1. The van der Waals surface area contributed by atoms with Crippen LogP contribution < -0.4 is 5.32 Å². The summed E-state index contributed by atoms with van der Waals surface area (Å²) in [5.74, 6) is -0.0891. The molecule has 2 N–H and O–H groups in total. The van der Waals surface area contributed by atoms with Gasteiger partial charge in [0.15, 0.2) is 6.29 Å². The standard InChI is InChI=1S/C43H45N3O4/c47-31-33-17-19-35(20-18-33)41-27-40(30-46-23-21-45(22-24-46)29-32-9-3-1-4-10-32)49-43(50-41)39-16-8-15-38(26-39)37-14-7-11-34(25-37)28-44-42(48)36-12-5-2-6-13-36/h1-20,25-26,40-41,43,47H,21-24,27-31H2,(H,44,48)/t40-,41+,43+/m1/s1. The highest BCUT2D eigenvalue weighted by molar-refractivity contribution is 5.94. The zero-order valence-electron chi connectivity index (χ0n) is 28.4. The lowest BCUT2D eigenvalue weighted by Crippen LogP contribution is -2.49. The number of carbonyl (C=O) groups excluding carboxylic acids is 1. The van der Waals surface area contributed by atoms with E-state index in [2.05, 4.69) is 94.0 Å². The first-order valence-electron chi connectivity index (χ1n) is 17.6. The summed E-state index contributed by atoms with van der Waals surface area (Å²) in [6, 6.07) is 44.7. The summed E-state index contributed by atoms with van der Waals surface area (Å²) < 4.78 is 13.4. The number of rotatable bonds is 11. The highest BCUT2D eigenvalue weighted by atomic mass is 16.7. The van der Waals surface area contributed by atoms with E-state index in [0.717, 1.165) is 79.1 Å². The first kappa shape index (κ1) is 33.8.